The lowest BCUT2D eigenvalue weighted by Crippen LogP contribution is -2.55. The molecule has 0 saturated carbocycles. The Morgan fingerprint density at radius 2 is 1.65 bits per heavy atom. The molecule has 2 N–H and O–H groups in total. The summed E-state index contributed by atoms with van der Waals surface area (Å²) in [7, 11) is 0. The quantitative estimate of drug-likeness (QED) is 0.598. The Morgan fingerprint density at radius 1 is 1.06 bits per heavy atom. The first-order chi connectivity index (χ1) is 16.4. The van der Waals surface area contributed by atoms with Crippen LogP contribution in [-0.4, -0.2) is 52.7 Å². The van der Waals surface area contributed by atoms with E-state index in [0.717, 1.165) is 47.9 Å². The smallest absolute Gasteiger partial charge is 0.407 e. The lowest BCUT2D eigenvalue weighted by molar-refractivity contribution is -0.144. The molecule has 0 spiro atoms. The van der Waals surface area contributed by atoms with E-state index in [0.29, 0.717) is 6.54 Å². The molecule has 1 saturated heterocycles. The summed E-state index contributed by atoms with van der Waals surface area (Å²) in [6, 6.07) is 14.9. The third kappa shape index (κ3) is 4.39. The fraction of sp³-hybridized carbons (Fsp3) is 0.444. The second-order valence-corrected chi connectivity index (χ2v) is 9.15. The number of alkyl carbamates (subject to hydrolysis) is 1. The highest BCUT2D eigenvalue weighted by molar-refractivity contribution is 5.90. The van der Waals surface area contributed by atoms with Gasteiger partial charge < -0.3 is 20.1 Å². The van der Waals surface area contributed by atoms with Gasteiger partial charge in [0.05, 0.1) is 6.42 Å². The lowest BCUT2D eigenvalue weighted by atomic mass is 9.89. The van der Waals surface area contributed by atoms with Crippen LogP contribution in [0.4, 0.5) is 4.79 Å². The van der Waals surface area contributed by atoms with Crippen LogP contribution >= 0.6 is 0 Å². The van der Waals surface area contributed by atoms with Crippen molar-refractivity contribution in [3.8, 4) is 11.1 Å². The summed E-state index contributed by atoms with van der Waals surface area (Å²) in [4.78, 5) is 39.3. The molecule has 34 heavy (non-hydrogen) atoms. The van der Waals surface area contributed by atoms with Gasteiger partial charge in [-0.2, -0.15) is 0 Å². The molecule has 1 aliphatic carbocycles. The predicted molar refractivity (Wildman–Crippen MR) is 129 cm³/mol. The van der Waals surface area contributed by atoms with Crippen LogP contribution < -0.4 is 5.32 Å². The SMILES string of the molecule is CCC1(CC)CCCN1C(=O)C(CC(=O)O)NC(=O)OCC1c2ccccc2-c2ccccc21. The average Bonchev–Trinajstić information content (AvgIpc) is 3.41. The molecule has 2 aromatic carbocycles. The fourth-order valence-electron chi connectivity index (χ4n) is 5.61. The van der Waals surface area contributed by atoms with Gasteiger partial charge in [-0.05, 0) is 47.9 Å². The van der Waals surface area contributed by atoms with Crippen LogP contribution in [0.25, 0.3) is 11.1 Å². The maximum atomic E-state index is 13.3. The summed E-state index contributed by atoms with van der Waals surface area (Å²) in [5.74, 6) is -1.61. The van der Waals surface area contributed by atoms with Crippen molar-refractivity contribution < 1.29 is 24.2 Å². The zero-order chi connectivity index (χ0) is 24.3. The van der Waals surface area contributed by atoms with Gasteiger partial charge in [0.25, 0.3) is 0 Å². The monoisotopic (exact) mass is 464 g/mol. The third-order valence-corrected chi connectivity index (χ3v) is 7.49. The number of hydrogen-bond acceptors (Lipinski definition) is 4. The molecule has 0 bridgehead atoms. The molecular formula is C27H32N2O5. The van der Waals surface area contributed by atoms with E-state index in [9.17, 15) is 19.5 Å². The molecule has 1 heterocycles. The number of aliphatic carboxylic acids is 1. The van der Waals surface area contributed by atoms with Crippen molar-refractivity contribution in [2.24, 2.45) is 0 Å². The summed E-state index contributed by atoms with van der Waals surface area (Å²) in [6.45, 7) is 4.76. The second-order valence-electron chi connectivity index (χ2n) is 9.15. The van der Waals surface area contributed by atoms with Crippen molar-refractivity contribution in [1.29, 1.82) is 0 Å². The number of benzene rings is 2. The lowest BCUT2D eigenvalue weighted by Gasteiger charge is -2.39. The van der Waals surface area contributed by atoms with E-state index in [-0.39, 0.29) is 24.0 Å². The minimum Gasteiger partial charge on any atom is -0.481 e. The van der Waals surface area contributed by atoms with Gasteiger partial charge in [-0.25, -0.2) is 4.79 Å². The normalized spacial score (nSPS) is 17.1. The predicted octanol–water partition coefficient (Wildman–Crippen LogP) is 4.55. The Morgan fingerprint density at radius 3 is 2.21 bits per heavy atom. The minimum absolute atomic E-state index is 0.103. The van der Waals surface area contributed by atoms with Gasteiger partial charge in [-0.15, -0.1) is 0 Å². The highest BCUT2D eigenvalue weighted by Gasteiger charge is 2.43. The number of ether oxygens (including phenoxy) is 1. The first-order valence-electron chi connectivity index (χ1n) is 12.0. The standard InChI is InChI=1S/C27H32N2O5/c1-3-27(4-2)14-9-15-29(27)25(32)23(16-24(30)31)28-26(33)34-17-22-20-12-7-5-10-18(20)19-11-6-8-13-21(19)22/h5-8,10-13,22-23H,3-4,9,14-17H2,1-2H3,(H,28,33)(H,30,31). The summed E-state index contributed by atoms with van der Waals surface area (Å²) in [5, 5.41) is 11.9. The van der Waals surface area contributed by atoms with Crippen LogP contribution in [0.5, 0.6) is 0 Å². The number of carbonyl (C=O) groups is 3. The molecule has 1 aliphatic heterocycles. The van der Waals surface area contributed by atoms with Gasteiger partial charge in [0, 0.05) is 18.0 Å². The Bertz CT molecular complexity index is 1030. The van der Waals surface area contributed by atoms with E-state index in [2.05, 4.69) is 17.4 Å². The van der Waals surface area contributed by atoms with Crippen molar-refractivity contribution in [3.63, 3.8) is 0 Å². The van der Waals surface area contributed by atoms with Crippen LogP contribution in [0.15, 0.2) is 48.5 Å². The molecule has 1 atom stereocenters. The molecular weight excluding hydrogens is 432 g/mol. The molecule has 7 heteroatoms. The van der Waals surface area contributed by atoms with Gasteiger partial charge in [-0.1, -0.05) is 62.4 Å². The van der Waals surface area contributed by atoms with Crippen LogP contribution in [0, 0.1) is 0 Å². The third-order valence-electron chi connectivity index (χ3n) is 7.49. The largest absolute Gasteiger partial charge is 0.481 e. The molecule has 1 unspecified atom stereocenters. The van der Waals surface area contributed by atoms with Crippen molar-refractivity contribution in [3.05, 3.63) is 59.7 Å². The van der Waals surface area contributed by atoms with Gasteiger partial charge >= 0.3 is 12.1 Å². The van der Waals surface area contributed by atoms with Crippen molar-refractivity contribution in [2.75, 3.05) is 13.2 Å². The zero-order valence-corrected chi connectivity index (χ0v) is 19.8. The number of rotatable bonds is 8. The van der Waals surface area contributed by atoms with Gasteiger partial charge in [0.1, 0.15) is 12.6 Å². The van der Waals surface area contributed by atoms with E-state index < -0.39 is 24.5 Å². The molecule has 2 aromatic rings. The summed E-state index contributed by atoms with van der Waals surface area (Å²) in [6.07, 6.45) is 2.08. The summed E-state index contributed by atoms with van der Waals surface area (Å²) in [5.41, 5.74) is 4.13. The number of nitrogens with one attached hydrogen (secondary N) is 1. The van der Waals surface area contributed by atoms with Gasteiger partial charge in [-0.3, -0.25) is 9.59 Å². The summed E-state index contributed by atoms with van der Waals surface area (Å²) >= 11 is 0. The molecule has 2 aliphatic rings. The zero-order valence-electron chi connectivity index (χ0n) is 19.8. The second kappa shape index (κ2) is 9.87. The number of likely N-dealkylation sites (tertiary alicyclic amines) is 1. The molecule has 0 aromatic heterocycles. The Balaban J connectivity index is 1.46. The minimum atomic E-state index is -1.16. The van der Waals surface area contributed by atoms with E-state index in [1.807, 2.05) is 50.2 Å². The van der Waals surface area contributed by atoms with Gasteiger partial charge in [0.2, 0.25) is 5.91 Å². The number of carboxylic acids is 1. The van der Waals surface area contributed by atoms with E-state index in [4.69, 9.17) is 4.74 Å². The summed E-state index contributed by atoms with van der Waals surface area (Å²) < 4.78 is 5.56. The number of nitrogens with zero attached hydrogens (tertiary/aromatic N) is 1. The molecule has 180 valence electrons. The van der Waals surface area contributed by atoms with Crippen LogP contribution in [0.2, 0.25) is 0 Å². The van der Waals surface area contributed by atoms with Crippen LogP contribution in [-0.2, 0) is 14.3 Å². The molecule has 0 radical (unpaired) electrons. The first-order valence-corrected chi connectivity index (χ1v) is 12.0. The van der Waals surface area contributed by atoms with Crippen molar-refractivity contribution in [1.82, 2.24) is 10.2 Å². The Labute approximate surface area is 200 Å². The highest BCUT2D eigenvalue weighted by atomic mass is 16.5. The Hall–Kier alpha value is -3.35. The number of carbonyl (C=O) groups excluding carboxylic acids is 2. The number of fused-ring (bicyclic) bond motifs is 3. The average molecular weight is 465 g/mol. The topological polar surface area (TPSA) is 95.9 Å². The van der Waals surface area contributed by atoms with Crippen LogP contribution in [0.1, 0.15) is 63.0 Å². The molecule has 1 fully saturated rings. The molecule has 7 nitrogen and oxygen atoms in total. The Kier molecular flexibility index (Phi) is 6.91. The van der Waals surface area contributed by atoms with Gasteiger partial charge in [0.15, 0.2) is 0 Å². The van der Waals surface area contributed by atoms with Crippen molar-refractivity contribution >= 4 is 18.0 Å². The highest BCUT2D eigenvalue weighted by Crippen LogP contribution is 2.44. The maximum Gasteiger partial charge on any atom is 0.407 e. The number of amides is 2. The van der Waals surface area contributed by atoms with Crippen molar-refractivity contribution in [2.45, 2.75) is 63.5 Å². The molecule has 4 rings (SSSR count). The molecule has 2 amide bonds. The number of carboxylic acid groups (broad SMARTS) is 1. The number of hydrogen-bond donors (Lipinski definition) is 2. The van der Waals surface area contributed by atoms with E-state index in [1.165, 1.54) is 0 Å². The van der Waals surface area contributed by atoms with E-state index >= 15 is 0 Å². The fourth-order valence-corrected chi connectivity index (χ4v) is 5.61. The first kappa shape index (κ1) is 23.8. The van der Waals surface area contributed by atoms with E-state index in [1.54, 1.807) is 4.90 Å². The maximum absolute atomic E-state index is 13.3. The van der Waals surface area contributed by atoms with Crippen LogP contribution in [0.3, 0.4) is 0 Å².